The molecule has 0 atom stereocenters. The second-order valence-electron chi connectivity index (χ2n) is 4.97. The van der Waals surface area contributed by atoms with Crippen molar-refractivity contribution in [1.82, 2.24) is 4.98 Å². The molecule has 1 aromatic carbocycles. The van der Waals surface area contributed by atoms with Gasteiger partial charge in [-0.1, -0.05) is 18.6 Å². The number of carboxylic acids is 1. The van der Waals surface area contributed by atoms with Gasteiger partial charge in [0, 0.05) is 18.1 Å². The van der Waals surface area contributed by atoms with Crippen LogP contribution in [0.5, 0.6) is 0 Å². The van der Waals surface area contributed by atoms with Crippen molar-refractivity contribution in [2.24, 2.45) is 0 Å². The van der Waals surface area contributed by atoms with Crippen LogP contribution in [0.3, 0.4) is 0 Å². The molecule has 0 unspecified atom stereocenters. The Kier molecular flexibility index (Phi) is 4.39. The molecule has 0 fully saturated rings. The molecular formula is C16H17N3O2. The van der Waals surface area contributed by atoms with Crippen molar-refractivity contribution in [3.63, 3.8) is 0 Å². The predicted octanol–water partition coefficient (Wildman–Crippen LogP) is 2.72. The van der Waals surface area contributed by atoms with Gasteiger partial charge in [0.25, 0.3) is 0 Å². The zero-order valence-electron chi connectivity index (χ0n) is 12.1. The zero-order valence-corrected chi connectivity index (χ0v) is 12.1. The lowest BCUT2D eigenvalue weighted by molar-refractivity contribution is -0.135. The van der Waals surface area contributed by atoms with E-state index in [4.69, 9.17) is 5.11 Å². The summed E-state index contributed by atoms with van der Waals surface area (Å²) in [5, 5.41) is 19.3. The van der Waals surface area contributed by atoms with Crippen LogP contribution >= 0.6 is 0 Å². The Morgan fingerprint density at radius 2 is 2.24 bits per heavy atom. The summed E-state index contributed by atoms with van der Waals surface area (Å²) in [5.41, 5.74) is 2.88. The summed E-state index contributed by atoms with van der Waals surface area (Å²) in [7, 11) is 0. The van der Waals surface area contributed by atoms with E-state index in [1.165, 1.54) is 6.20 Å². The largest absolute Gasteiger partial charge is 0.480 e. The van der Waals surface area contributed by atoms with Crippen LogP contribution in [0.1, 0.15) is 24.5 Å². The minimum atomic E-state index is -0.912. The number of aliphatic carboxylic acids is 1. The van der Waals surface area contributed by atoms with Gasteiger partial charge in [-0.15, -0.1) is 0 Å². The summed E-state index contributed by atoms with van der Waals surface area (Å²) in [4.78, 5) is 17.1. The van der Waals surface area contributed by atoms with Crippen molar-refractivity contribution < 1.29 is 9.90 Å². The standard InChI is InChI=1S/C16H17N3O2/c1-3-6-19(10-15(20)21)16-12(8-17)9-18-14-5-4-11(2)7-13(14)16/h4-5,7,9H,3,6,10H2,1-2H3,(H,20,21). The number of rotatable bonds is 5. The molecule has 0 aliphatic carbocycles. The SMILES string of the molecule is CCCN(CC(=O)O)c1c(C#N)cnc2ccc(C)cc12. The molecular weight excluding hydrogens is 266 g/mol. The first-order chi connectivity index (χ1) is 10.1. The smallest absolute Gasteiger partial charge is 0.323 e. The summed E-state index contributed by atoms with van der Waals surface area (Å²) >= 11 is 0. The van der Waals surface area contributed by atoms with E-state index in [-0.39, 0.29) is 6.54 Å². The highest BCUT2D eigenvalue weighted by molar-refractivity contribution is 5.96. The van der Waals surface area contributed by atoms with E-state index < -0.39 is 5.97 Å². The first-order valence-electron chi connectivity index (χ1n) is 6.83. The Morgan fingerprint density at radius 3 is 2.86 bits per heavy atom. The highest BCUT2D eigenvalue weighted by Crippen LogP contribution is 2.30. The Labute approximate surface area is 123 Å². The number of hydrogen-bond donors (Lipinski definition) is 1. The van der Waals surface area contributed by atoms with E-state index in [9.17, 15) is 10.1 Å². The van der Waals surface area contributed by atoms with Crippen molar-refractivity contribution >= 4 is 22.6 Å². The minimum absolute atomic E-state index is 0.129. The fraction of sp³-hybridized carbons (Fsp3) is 0.312. The summed E-state index contributed by atoms with van der Waals surface area (Å²) in [5.74, 6) is -0.912. The number of hydrogen-bond acceptors (Lipinski definition) is 4. The van der Waals surface area contributed by atoms with Crippen molar-refractivity contribution in [2.75, 3.05) is 18.0 Å². The molecule has 5 heteroatoms. The monoisotopic (exact) mass is 283 g/mol. The molecule has 1 aromatic heterocycles. The summed E-state index contributed by atoms with van der Waals surface area (Å²) in [6.45, 7) is 4.39. The maximum Gasteiger partial charge on any atom is 0.323 e. The molecule has 108 valence electrons. The van der Waals surface area contributed by atoms with E-state index in [0.717, 1.165) is 22.9 Å². The molecule has 0 saturated heterocycles. The van der Waals surface area contributed by atoms with Gasteiger partial charge in [0.05, 0.1) is 16.8 Å². The highest BCUT2D eigenvalue weighted by atomic mass is 16.4. The number of anilines is 1. The number of aryl methyl sites for hydroxylation is 1. The lowest BCUT2D eigenvalue weighted by Crippen LogP contribution is -2.31. The van der Waals surface area contributed by atoms with Crippen LogP contribution in [0.2, 0.25) is 0 Å². The van der Waals surface area contributed by atoms with Gasteiger partial charge in [-0.25, -0.2) is 0 Å². The topological polar surface area (TPSA) is 77.2 Å². The fourth-order valence-corrected chi connectivity index (χ4v) is 2.42. The molecule has 0 aliphatic rings. The quantitative estimate of drug-likeness (QED) is 0.913. The number of pyridine rings is 1. The molecule has 1 N–H and O–H groups in total. The molecule has 2 rings (SSSR count). The maximum absolute atomic E-state index is 11.1. The van der Waals surface area contributed by atoms with Crippen LogP contribution in [0, 0.1) is 18.3 Å². The zero-order chi connectivity index (χ0) is 15.4. The van der Waals surface area contributed by atoms with Gasteiger partial charge >= 0.3 is 5.97 Å². The van der Waals surface area contributed by atoms with Crippen LogP contribution < -0.4 is 4.90 Å². The summed E-state index contributed by atoms with van der Waals surface area (Å²) in [6.07, 6.45) is 2.31. The Hall–Kier alpha value is -2.61. The molecule has 5 nitrogen and oxygen atoms in total. The number of aromatic nitrogens is 1. The van der Waals surface area contributed by atoms with Gasteiger partial charge in [0.1, 0.15) is 12.6 Å². The van der Waals surface area contributed by atoms with Crippen LogP contribution in [-0.4, -0.2) is 29.1 Å². The van der Waals surface area contributed by atoms with Crippen molar-refractivity contribution in [3.8, 4) is 6.07 Å². The molecule has 2 aromatic rings. The van der Waals surface area contributed by atoms with Gasteiger partial charge < -0.3 is 10.0 Å². The lowest BCUT2D eigenvalue weighted by atomic mass is 10.1. The number of nitriles is 1. The Morgan fingerprint density at radius 1 is 1.48 bits per heavy atom. The van der Waals surface area contributed by atoms with E-state index >= 15 is 0 Å². The van der Waals surface area contributed by atoms with Crippen LogP contribution in [-0.2, 0) is 4.79 Å². The van der Waals surface area contributed by atoms with E-state index in [0.29, 0.717) is 17.8 Å². The van der Waals surface area contributed by atoms with Crippen molar-refractivity contribution in [3.05, 3.63) is 35.5 Å². The first kappa shape index (κ1) is 14.8. The highest BCUT2D eigenvalue weighted by Gasteiger charge is 2.18. The Bertz CT molecular complexity index is 719. The minimum Gasteiger partial charge on any atom is -0.480 e. The Balaban J connectivity index is 2.70. The summed E-state index contributed by atoms with van der Waals surface area (Å²) in [6, 6.07) is 7.91. The molecule has 1 heterocycles. The lowest BCUT2D eigenvalue weighted by Gasteiger charge is -2.24. The van der Waals surface area contributed by atoms with E-state index in [1.807, 2.05) is 32.0 Å². The molecule has 0 spiro atoms. The molecule has 0 amide bonds. The van der Waals surface area contributed by atoms with E-state index in [2.05, 4.69) is 11.1 Å². The number of carbonyl (C=O) groups is 1. The average Bonchev–Trinajstić information content (AvgIpc) is 2.45. The van der Waals surface area contributed by atoms with Crippen molar-refractivity contribution in [2.45, 2.75) is 20.3 Å². The van der Waals surface area contributed by atoms with Crippen LogP contribution in [0.4, 0.5) is 5.69 Å². The third-order valence-electron chi connectivity index (χ3n) is 3.25. The third kappa shape index (κ3) is 3.11. The first-order valence-corrected chi connectivity index (χ1v) is 6.83. The van der Waals surface area contributed by atoms with Gasteiger partial charge in [-0.05, 0) is 25.5 Å². The van der Waals surface area contributed by atoms with E-state index in [1.54, 1.807) is 4.90 Å². The fourth-order valence-electron chi connectivity index (χ4n) is 2.42. The molecule has 21 heavy (non-hydrogen) atoms. The number of nitrogens with zero attached hydrogens (tertiary/aromatic N) is 3. The normalized spacial score (nSPS) is 10.3. The van der Waals surface area contributed by atoms with Crippen LogP contribution in [0.15, 0.2) is 24.4 Å². The molecule has 0 aliphatic heterocycles. The molecule has 0 radical (unpaired) electrons. The second kappa shape index (κ2) is 6.23. The van der Waals surface area contributed by atoms with Gasteiger partial charge in [0.2, 0.25) is 0 Å². The average molecular weight is 283 g/mol. The maximum atomic E-state index is 11.1. The van der Waals surface area contributed by atoms with Crippen LogP contribution in [0.25, 0.3) is 10.9 Å². The van der Waals surface area contributed by atoms with Gasteiger partial charge in [-0.3, -0.25) is 9.78 Å². The number of benzene rings is 1. The molecule has 0 bridgehead atoms. The number of carboxylic acid groups (broad SMARTS) is 1. The van der Waals surface area contributed by atoms with Gasteiger partial charge in [0.15, 0.2) is 0 Å². The van der Waals surface area contributed by atoms with Crippen molar-refractivity contribution in [1.29, 1.82) is 5.26 Å². The summed E-state index contributed by atoms with van der Waals surface area (Å²) < 4.78 is 0. The number of fused-ring (bicyclic) bond motifs is 1. The molecule has 0 saturated carbocycles. The second-order valence-corrected chi connectivity index (χ2v) is 4.97. The van der Waals surface area contributed by atoms with Gasteiger partial charge in [-0.2, -0.15) is 5.26 Å². The predicted molar refractivity (Wildman–Crippen MR) is 81.3 cm³/mol. The third-order valence-corrected chi connectivity index (χ3v) is 3.25.